The number of aliphatic hydroxyl groups is 1. The Kier molecular flexibility index (Phi) is 20.1. The summed E-state index contributed by atoms with van der Waals surface area (Å²) < 4.78 is 7.25. The second kappa shape index (κ2) is 25.4. The monoisotopic (exact) mass is 943 g/mol. The molecule has 2 unspecified atom stereocenters. The van der Waals surface area contributed by atoms with Crippen LogP contribution in [0, 0.1) is 18.8 Å². The van der Waals surface area contributed by atoms with Crippen molar-refractivity contribution in [2.24, 2.45) is 0 Å². The molecule has 2 aliphatic heterocycles. The van der Waals surface area contributed by atoms with Crippen molar-refractivity contribution in [2.75, 3.05) is 60.4 Å². The van der Waals surface area contributed by atoms with Crippen molar-refractivity contribution in [3.05, 3.63) is 99.3 Å². The maximum Gasteiger partial charge on any atom is 0.351 e. The van der Waals surface area contributed by atoms with Crippen LogP contribution in [0.1, 0.15) is 121 Å². The highest BCUT2D eigenvalue weighted by molar-refractivity contribution is 8.76. The number of nitrogens with zero attached hydrogens (tertiary/aromatic N) is 3. The van der Waals surface area contributed by atoms with Gasteiger partial charge in [0.25, 0.3) is 0 Å². The first-order valence-corrected chi connectivity index (χ1v) is 25.7. The van der Waals surface area contributed by atoms with E-state index in [1.54, 1.807) is 21.6 Å². The molecule has 1 fully saturated rings. The average Bonchev–Trinajstić information content (AvgIpc) is 3.83. The SMILES string of the molecule is CC[NH2+]c1ccc(C)cc1C(C)(C)C/C=C/C=C1/N(CCCCCC(=O)NCCSSCCC(=O)NCC#Cc2cn(C3CCC(CCO)O3)c(=O)nc2N)c2ccc(NO)cc2C1(C)C. The van der Waals surface area contributed by atoms with E-state index in [9.17, 15) is 24.7 Å². The van der Waals surface area contributed by atoms with Gasteiger partial charge in [-0.1, -0.05) is 91.3 Å². The van der Waals surface area contributed by atoms with E-state index in [4.69, 9.17) is 10.5 Å². The molecular formula is C50H71N8O6S2+. The maximum atomic E-state index is 12.7. The van der Waals surface area contributed by atoms with E-state index >= 15 is 0 Å². The highest BCUT2D eigenvalue weighted by Crippen LogP contribution is 2.49. The lowest BCUT2D eigenvalue weighted by Crippen LogP contribution is -2.77. The maximum absolute atomic E-state index is 12.7. The molecule has 0 saturated carbocycles. The predicted octanol–water partition coefficient (Wildman–Crippen LogP) is 6.73. The van der Waals surface area contributed by atoms with Gasteiger partial charge in [0.2, 0.25) is 11.8 Å². The van der Waals surface area contributed by atoms with Crippen molar-refractivity contribution in [3.63, 3.8) is 0 Å². The molecule has 16 heteroatoms. The van der Waals surface area contributed by atoms with Crippen LogP contribution in [0.5, 0.6) is 0 Å². The van der Waals surface area contributed by atoms with Crippen LogP contribution in [0.25, 0.3) is 0 Å². The van der Waals surface area contributed by atoms with Gasteiger partial charge >= 0.3 is 5.69 Å². The molecule has 0 aliphatic carbocycles. The van der Waals surface area contributed by atoms with E-state index in [0.717, 1.165) is 62.2 Å². The summed E-state index contributed by atoms with van der Waals surface area (Å²) in [4.78, 5) is 43.7. The van der Waals surface area contributed by atoms with Gasteiger partial charge in [0, 0.05) is 72.6 Å². The Hall–Kier alpha value is -4.76. The Morgan fingerprint density at radius 3 is 2.64 bits per heavy atom. The average molecular weight is 944 g/mol. The summed E-state index contributed by atoms with van der Waals surface area (Å²) in [7, 11) is 3.21. The molecule has 0 spiro atoms. The number of hydrogen-bond donors (Lipinski definition) is 7. The van der Waals surface area contributed by atoms with Crippen LogP contribution in [0.15, 0.2) is 71.3 Å². The summed E-state index contributed by atoms with van der Waals surface area (Å²) in [6, 6.07) is 12.8. The summed E-state index contributed by atoms with van der Waals surface area (Å²) in [5, 5.41) is 27.0. The molecule has 2 atom stereocenters. The third-order valence-corrected chi connectivity index (χ3v) is 14.5. The van der Waals surface area contributed by atoms with Crippen LogP contribution in [0.3, 0.4) is 0 Å². The lowest BCUT2D eigenvalue weighted by atomic mass is 9.79. The number of quaternary nitrogens is 1. The highest BCUT2D eigenvalue weighted by atomic mass is 33.1. The van der Waals surface area contributed by atoms with Crippen molar-refractivity contribution in [1.82, 2.24) is 20.2 Å². The van der Waals surface area contributed by atoms with Gasteiger partial charge in [-0.05, 0) is 99.8 Å². The number of anilines is 3. The molecular weight excluding hydrogens is 873 g/mol. The van der Waals surface area contributed by atoms with Crippen LogP contribution in [-0.4, -0.2) is 82.1 Å². The van der Waals surface area contributed by atoms with Gasteiger partial charge in [0.05, 0.1) is 30.4 Å². The zero-order chi connectivity index (χ0) is 47.7. The number of aliphatic hydroxyl groups excluding tert-OH is 1. The summed E-state index contributed by atoms with van der Waals surface area (Å²) in [6.45, 7) is 16.0. The van der Waals surface area contributed by atoms with Crippen LogP contribution in [0.4, 0.5) is 22.9 Å². The molecule has 0 radical (unpaired) electrons. The smallest absolute Gasteiger partial charge is 0.351 e. The summed E-state index contributed by atoms with van der Waals surface area (Å²) in [5.41, 5.74) is 16.0. The van der Waals surface area contributed by atoms with E-state index in [1.165, 1.54) is 33.3 Å². The van der Waals surface area contributed by atoms with Gasteiger partial charge in [-0.25, -0.2) is 4.79 Å². The molecule has 2 aliphatic rings. The number of ether oxygens (including phenoxy) is 1. The minimum absolute atomic E-state index is 0.0195. The zero-order valence-electron chi connectivity index (χ0n) is 39.6. The van der Waals surface area contributed by atoms with Crippen molar-refractivity contribution in [1.29, 1.82) is 0 Å². The van der Waals surface area contributed by atoms with Crippen molar-refractivity contribution >= 4 is 56.3 Å². The number of rotatable bonds is 24. The standard InChI is InChI=1S/C50H70N8O6S2/c1-7-52-41-20-17-35(2)32-39(41)49(3,4)25-11-10-15-43-50(5,6)40-33-37(56-63)18-21-42(40)57(43)28-12-8-9-16-44(60)54-27-31-66-65-30-24-45(61)53-26-13-14-36-34-58(48(62)55-47(36)51)46-22-19-38(64-46)23-29-59/h10-11,15,17-18,20-21,32-34,38,46,52,56,59,63H,7-9,12,16,19,22-31H2,1-6H3,(H,53,61)(H,54,60)(H2,51,55,62)/p+1/b11-10+,43-15+. The van der Waals surface area contributed by atoms with Crippen LogP contribution in [-0.2, 0) is 25.2 Å². The molecule has 1 saturated heterocycles. The van der Waals surface area contributed by atoms with E-state index < -0.39 is 11.9 Å². The number of aryl methyl sites for hydroxylation is 1. The molecule has 1 aromatic heterocycles. The molecule has 3 heterocycles. The Bertz CT molecular complexity index is 2300. The summed E-state index contributed by atoms with van der Waals surface area (Å²) >= 11 is 0. The first kappa shape index (κ1) is 52.2. The van der Waals surface area contributed by atoms with Crippen molar-refractivity contribution < 1.29 is 30.0 Å². The van der Waals surface area contributed by atoms with Gasteiger partial charge in [-0.2, -0.15) is 4.98 Å². The number of carbonyl (C=O) groups excluding carboxylic acids is 2. The lowest BCUT2D eigenvalue weighted by Gasteiger charge is -2.27. The summed E-state index contributed by atoms with van der Waals surface area (Å²) in [5.74, 6) is 7.06. The second-order valence-corrected chi connectivity index (χ2v) is 20.8. The van der Waals surface area contributed by atoms with E-state index in [1.807, 2.05) is 12.1 Å². The van der Waals surface area contributed by atoms with E-state index in [-0.39, 0.29) is 47.7 Å². The molecule has 3 aromatic rings. The Morgan fingerprint density at radius 2 is 1.86 bits per heavy atom. The first-order valence-electron chi connectivity index (χ1n) is 23.2. The number of unbranched alkanes of at least 4 members (excludes halogenated alkanes) is 2. The van der Waals surface area contributed by atoms with Crippen LogP contribution >= 0.6 is 21.6 Å². The minimum Gasteiger partial charge on any atom is -0.396 e. The molecule has 2 amide bonds. The molecule has 66 heavy (non-hydrogen) atoms. The largest absolute Gasteiger partial charge is 0.396 e. The van der Waals surface area contributed by atoms with Gasteiger partial charge in [0.15, 0.2) is 0 Å². The number of fused-ring (bicyclic) bond motifs is 1. The van der Waals surface area contributed by atoms with Crippen LogP contribution < -0.4 is 37.8 Å². The van der Waals surface area contributed by atoms with Gasteiger partial charge in [-0.3, -0.25) is 24.8 Å². The topological polar surface area (TPSA) is 201 Å². The molecule has 5 rings (SSSR count). The number of nitrogen functional groups attached to an aromatic ring is 1. The summed E-state index contributed by atoms with van der Waals surface area (Å²) in [6.07, 6.45) is 13.9. The number of nitrogens with one attached hydrogen (secondary N) is 3. The Labute approximate surface area is 398 Å². The number of hydrogen-bond acceptors (Lipinski definition) is 12. The fourth-order valence-electron chi connectivity index (χ4n) is 8.48. The number of benzene rings is 2. The third kappa shape index (κ3) is 14.6. The van der Waals surface area contributed by atoms with Gasteiger partial charge in [-0.15, -0.1) is 0 Å². The number of aromatic nitrogens is 2. The molecule has 2 aromatic carbocycles. The number of nitrogens with two attached hydrogens (primary N) is 2. The zero-order valence-corrected chi connectivity index (χ0v) is 41.2. The number of amides is 2. The Balaban J connectivity index is 0.988. The van der Waals surface area contributed by atoms with E-state index in [2.05, 4.69) is 127 Å². The number of allylic oxidation sites excluding steroid dienone is 4. The fraction of sp³-hybridized carbons (Fsp3) is 0.520. The molecule has 0 bridgehead atoms. The normalized spacial score (nSPS) is 17.2. The highest BCUT2D eigenvalue weighted by Gasteiger charge is 2.40. The van der Waals surface area contributed by atoms with Gasteiger partial charge in [0.1, 0.15) is 17.7 Å². The second-order valence-electron chi connectivity index (χ2n) is 18.1. The predicted molar refractivity (Wildman–Crippen MR) is 269 cm³/mol. The van der Waals surface area contributed by atoms with Crippen molar-refractivity contribution in [2.45, 2.75) is 122 Å². The molecule has 14 nitrogen and oxygen atoms in total. The quantitative estimate of drug-likeness (QED) is 0.0165. The lowest BCUT2D eigenvalue weighted by molar-refractivity contribution is -0.568. The van der Waals surface area contributed by atoms with E-state index in [0.29, 0.717) is 49.2 Å². The van der Waals surface area contributed by atoms with Gasteiger partial charge < -0.3 is 36.4 Å². The molecule has 358 valence electrons. The number of carbonyl (C=O) groups is 2. The minimum atomic E-state index is -0.520. The fourth-order valence-corrected chi connectivity index (χ4v) is 10.4. The third-order valence-electron chi connectivity index (χ3n) is 12.1. The molecule has 9 N–H and O–H groups in total. The Morgan fingerprint density at radius 1 is 1.08 bits per heavy atom. The first-order chi connectivity index (χ1) is 31.7. The van der Waals surface area contributed by atoms with Crippen LogP contribution in [0.2, 0.25) is 0 Å². The van der Waals surface area contributed by atoms with Crippen molar-refractivity contribution in [3.8, 4) is 11.8 Å².